The number of rotatable bonds is 6. The van der Waals surface area contributed by atoms with E-state index < -0.39 is 17.5 Å². The predicted octanol–water partition coefficient (Wildman–Crippen LogP) is 5.70. The van der Waals surface area contributed by atoms with Crippen molar-refractivity contribution in [2.75, 3.05) is 11.0 Å². The first-order valence-electron chi connectivity index (χ1n) is 7.69. The number of benzene rings is 2. The molecule has 0 heterocycles. The number of hydroxylamine groups is 1. The van der Waals surface area contributed by atoms with Gasteiger partial charge in [-0.3, -0.25) is 9.63 Å². The summed E-state index contributed by atoms with van der Waals surface area (Å²) >= 11 is 11.3. The maximum Gasteiger partial charge on any atom is 0.277 e. The van der Waals surface area contributed by atoms with Gasteiger partial charge in [-0.2, -0.15) is 0 Å². The third-order valence-corrected chi connectivity index (χ3v) is 5.47. The van der Waals surface area contributed by atoms with E-state index in [1.54, 1.807) is 24.3 Å². The molecule has 0 unspecified atom stereocenters. The molecule has 0 spiro atoms. The number of nitrogens with one attached hydrogen (secondary N) is 1. The lowest BCUT2D eigenvalue weighted by Gasteiger charge is -2.21. The van der Waals surface area contributed by atoms with Crippen molar-refractivity contribution < 1.29 is 18.4 Å². The van der Waals surface area contributed by atoms with E-state index in [9.17, 15) is 13.6 Å². The van der Waals surface area contributed by atoms with Crippen LogP contribution in [0, 0.1) is 21.1 Å². The van der Waals surface area contributed by atoms with Crippen LogP contribution >= 0.6 is 50.3 Å². The lowest BCUT2D eigenvalue weighted by atomic mass is 10.1. The number of hydrogen-bond donors (Lipinski definition) is 1. The second-order valence-electron chi connectivity index (χ2n) is 5.83. The maximum atomic E-state index is 14.6. The Morgan fingerprint density at radius 3 is 2.58 bits per heavy atom. The van der Waals surface area contributed by atoms with Crippen molar-refractivity contribution in [3.63, 3.8) is 0 Å². The van der Waals surface area contributed by atoms with E-state index in [0.717, 1.165) is 20.8 Å². The molecular weight excluding hydrogens is 544 g/mol. The normalized spacial score (nSPS) is 13.6. The van der Waals surface area contributed by atoms with Crippen LogP contribution in [0.25, 0.3) is 0 Å². The zero-order chi connectivity index (χ0) is 18.8. The van der Waals surface area contributed by atoms with Crippen LogP contribution in [-0.2, 0) is 4.84 Å². The van der Waals surface area contributed by atoms with Crippen LogP contribution in [0.4, 0.5) is 20.2 Å². The minimum atomic E-state index is -1.24. The Bertz CT molecular complexity index is 835. The third kappa shape index (κ3) is 4.47. The summed E-state index contributed by atoms with van der Waals surface area (Å²) in [6.45, 7) is 0.383. The van der Waals surface area contributed by atoms with Crippen molar-refractivity contribution in [3.05, 3.63) is 55.6 Å². The molecule has 3 rings (SSSR count). The van der Waals surface area contributed by atoms with Gasteiger partial charge in [0.05, 0.1) is 22.3 Å². The number of carbonyl (C=O) groups is 1. The molecule has 1 fully saturated rings. The molecule has 1 aliphatic rings. The fourth-order valence-electron chi connectivity index (χ4n) is 2.22. The average Bonchev–Trinajstić information content (AvgIpc) is 3.43. The maximum absolute atomic E-state index is 14.6. The molecule has 0 atom stereocenters. The molecule has 1 N–H and O–H groups in total. The summed E-state index contributed by atoms with van der Waals surface area (Å²) in [5.41, 5.74) is 2.11. The lowest BCUT2D eigenvalue weighted by Crippen LogP contribution is -2.27. The highest BCUT2D eigenvalue weighted by molar-refractivity contribution is 14.1. The lowest BCUT2D eigenvalue weighted by molar-refractivity contribution is 0.0270. The highest BCUT2D eigenvalue weighted by Crippen LogP contribution is 2.37. The molecule has 0 bridgehead atoms. The van der Waals surface area contributed by atoms with Gasteiger partial charge < -0.3 is 0 Å². The molecular formula is C17H13BrClF2IN2O2. The van der Waals surface area contributed by atoms with Gasteiger partial charge in [0, 0.05) is 15.3 Å². The average molecular weight is 558 g/mol. The second-order valence-corrected chi connectivity index (χ2v) is 8.26. The van der Waals surface area contributed by atoms with Crippen molar-refractivity contribution in [1.82, 2.24) is 5.48 Å². The number of halogens is 5. The minimum absolute atomic E-state index is 0.153. The summed E-state index contributed by atoms with van der Waals surface area (Å²) in [6, 6.07) is 7.97. The molecule has 1 aliphatic carbocycles. The number of nitrogens with zero attached hydrogens (tertiary/aromatic N) is 1. The zero-order valence-corrected chi connectivity index (χ0v) is 17.7. The van der Waals surface area contributed by atoms with Crippen molar-refractivity contribution in [2.45, 2.75) is 12.8 Å². The minimum Gasteiger partial charge on any atom is -0.273 e. The smallest absolute Gasteiger partial charge is 0.273 e. The first-order chi connectivity index (χ1) is 12.4. The highest BCUT2D eigenvalue weighted by Gasteiger charge is 2.27. The zero-order valence-electron chi connectivity index (χ0n) is 13.2. The van der Waals surface area contributed by atoms with E-state index in [0.29, 0.717) is 18.2 Å². The fraction of sp³-hybridized carbons (Fsp3) is 0.235. The standard InChI is InChI=1S/C17H13BrClF2IN2O2/c18-13-7-12(17(25)23-26-8-9-1-2-9)16(15(21)14(13)20)24(19)11-5-3-10(22)4-6-11/h3-7,9H,1-2,8H2,(H,23,25). The van der Waals surface area contributed by atoms with Gasteiger partial charge in [0.2, 0.25) is 0 Å². The van der Waals surface area contributed by atoms with Crippen LogP contribution in [0.5, 0.6) is 0 Å². The molecule has 1 amide bonds. The van der Waals surface area contributed by atoms with Crippen LogP contribution in [0.1, 0.15) is 23.2 Å². The Labute approximate surface area is 176 Å². The Morgan fingerprint density at radius 1 is 1.31 bits per heavy atom. The van der Waals surface area contributed by atoms with Gasteiger partial charge in [-0.1, -0.05) is 0 Å². The van der Waals surface area contributed by atoms with Crippen LogP contribution in [0.15, 0.2) is 34.8 Å². The molecule has 2 aromatic carbocycles. The molecule has 0 radical (unpaired) electrons. The summed E-state index contributed by atoms with van der Waals surface area (Å²) in [5, 5.41) is 0. The van der Waals surface area contributed by atoms with Crippen LogP contribution in [0.2, 0.25) is 0 Å². The molecule has 9 heteroatoms. The van der Waals surface area contributed by atoms with Gasteiger partial charge in [0.15, 0.2) is 11.6 Å². The van der Waals surface area contributed by atoms with E-state index >= 15 is 0 Å². The first kappa shape index (κ1) is 19.8. The van der Waals surface area contributed by atoms with Gasteiger partial charge in [-0.25, -0.2) is 18.7 Å². The molecule has 0 saturated heterocycles. The van der Waals surface area contributed by atoms with Crippen molar-refractivity contribution in [3.8, 4) is 0 Å². The number of anilines is 2. The monoisotopic (exact) mass is 556 g/mol. The molecule has 26 heavy (non-hydrogen) atoms. The van der Waals surface area contributed by atoms with Gasteiger partial charge in [-0.15, -0.1) is 0 Å². The summed E-state index contributed by atoms with van der Waals surface area (Å²) in [6.07, 6.45) is 2.11. The molecule has 138 valence electrons. The number of carbonyl (C=O) groups excluding carboxylic acids is 1. The van der Waals surface area contributed by atoms with Gasteiger partial charge in [0.25, 0.3) is 5.91 Å². The van der Waals surface area contributed by atoms with E-state index in [-0.39, 0.29) is 15.7 Å². The Balaban J connectivity index is 1.94. The van der Waals surface area contributed by atoms with Gasteiger partial charge in [0.1, 0.15) is 5.69 Å². The quantitative estimate of drug-likeness (QED) is 0.215. The van der Waals surface area contributed by atoms with E-state index in [1.807, 2.05) is 0 Å². The van der Waals surface area contributed by atoms with Gasteiger partial charge in [-0.05, 0) is 87.6 Å². The number of amides is 1. The molecule has 0 aromatic heterocycles. The first-order valence-corrected chi connectivity index (χ1v) is 9.90. The van der Waals surface area contributed by atoms with Crippen molar-refractivity contribution in [2.24, 2.45) is 5.92 Å². The molecule has 4 nitrogen and oxygen atoms in total. The Hall–Kier alpha value is -0.970. The molecule has 0 aliphatic heterocycles. The third-order valence-electron chi connectivity index (χ3n) is 3.81. The predicted molar refractivity (Wildman–Crippen MR) is 107 cm³/mol. The van der Waals surface area contributed by atoms with E-state index in [4.69, 9.17) is 16.6 Å². The van der Waals surface area contributed by atoms with Crippen LogP contribution in [0.3, 0.4) is 0 Å². The Morgan fingerprint density at radius 2 is 1.96 bits per heavy atom. The molecule has 1 saturated carbocycles. The van der Waals surface area contributed by atoms with Crippen LogP contribution < -0.4 is 9.90 Å². The topological polar surface area (TPSA) is 41.6 Å². The summed E-state index contributed by atoms with van der Waals surface area (Å²) < 4.78 is 30.4. The second kappa shape index (κ2) is 8.37. The van der Waals surface area contributed by atoms with Crippen molar-refractivity contribution in [1.29, 1.82) is 0 Å². The summed E-state index contributed by atoms with van der Waals surface area (Å²) in [4.78, 5) is 17.6. The highest BCUT2D eigenvalue weighted by atomic mass is 127. The van der Waals surface area contributed by atoms with Crippen molar-refractivity contribution >= 4 is 67.6 Å². The summed E-state index contributed by atoms with van der Waals surface area (Å²) in [5.74, 6) is -2.65. The fourth-order valence-corrected chi connectivity index (χ4v) is 3.26. The number of hydrogen-bond acceptors (Lipinski definition) is 3. The summed E-state index contributed by atoms with van der Waals surface area (Å²) in [7, 11) is 0. The Kier molecular flexibility index (Phi) is 6.37. The van der Waals surface area contributed by atoms with Crippen LogP contribution in [-0.4, -0.2) is 12.5 Å². The largest absolute Gasteiger partial charge is 0.277 e. The van der Waals surface area contributed by atoms with E-state index in [2.05, 4.69) is 44.0 Å². The van der Waals surface area contributed by atoms with E-state index in [1.165, 1.54) is 6.07 Å². The molecule has 2 aromatic rings. The SMILES string of the molecule is O=C(NOCC1CC1)c1cc(Br)c(F)c(F)c1N(Cl)c1ccc(I)cc1. The van der Waals surface area contributed by atoms with Gasteiger partial charge >= 0.3 is 0 Å².